The molecule has 2 aromatic rings. The quantitative estimate of drug-likeness (QED) is 0.851. The van der Waals surface area contributed by atoms with Crippen LogP contribution in [0.3, 0.4) is 0 Å². The Bertz CT molecular complexity index is 616. The van der Waals surface area contributed by atoms with Gasteiger partial charge in [0.15, 0.2) is 0 Å². The highest BCUT2D eigenvalue weighted by atomic mass is 16.5. The summed E-state index contributed by atoms with van der Waals surface area (Å²) < 4.78 is 7.26. The van der Waals surface area contributed by atoms with E-state index in [0.29, 0.717) is 5.95 Å². The number of nitrogens with zero attached hydrogens (tertiary/aromatic N) is 3. The number of aromatic nitrogens is 2. The molecule has 0 aliphatic carbocycles. The maximum atomic E-state index is 5.74. The molecule has 0 radical (unpaired) electrons. The van der Waals surface area contributed by atoms with Crippen LogP contribution < -0.4 is 10.5 Å². The summed E-state index contributed by atoms with van der Waals surface area (Å²) in [5.41, 5.74) is 8.67. The predicted molar refractivity (Wildman–Crippen MR) is 81.3 cm³/mol. The van der Waals surface area contributed by atoms with Crippen molar-refractivity contribution >= 4 is 12.2 Å². The molecule has 2 N–H and O–H groups in total. The maximum Gasteiger partial charge on any atom is 0.221 e. The normalized spacial score (nSPS) is 11.2. The number of ether oxygens (including phenoxy) is 1. The Hall–Kier alpha value is -2.30. The lowest BCUT2D eigenvalue weighted by Crippen LogP contribution is -1.99. The zero-order valence-electron chi connectivity index (χ0n) is 12.1. The highest BCUT2D eigenvalue weighted by Crippen LogP contribution is 2.19. The Morgan fingerprint density at radius 1 is 1.40 bits per heavy atom. The van der Waals surface area contributed by atoms with Crippen molar-refractivity contribution in [2.45, 2.75) is 27.2 Å². The minimum Gasteiger partial charge on any atom is -0.493 e. The van der Waals surface area contributed by atoms with E-state index in [1.54, 1.807) is 17.1 Å². The van der Waals surface area contributed by atoms with Crippen LogP contribution in [0.25, 0.3) is 0 Å². The molecule has 0 bridgehead atoms. The first kappa shape index (κ1) is 14.1. The standard InChI is InChI=1S/C15H20N4O/c1-4-7-20-14-8-13(6-5-11(14)2)9-17-19-10-12(3)18-15(19)16/h5-6,8-10H,4,7H2,1-3H3,(H2,16,18). The molecule has 1 aromatic heterocycles. The van der Waals surface area contributed by atoms with Crippen LogP contribution in [-0.4, -0.2) is 22.5 Å². The summed E-state index contributed by atoms with van der Waals surface area (Å²) in [5, 5.41) is 4.30. The van der Waals surface area contributed by atoms with E-state index >= 15 is 0 Å². The van der Waals surface area contributed by atoms with E-state index in [0.717, 1.165) is 35.6 Å². The van der Waals surface area contributed by atoms with Gasteiger partial charge < -0.3 is 10.5 Å². The smallest absolute Gasteiger partial charge is 0.221 e. The van der Waals surface area contributed by atoms with Gasteiger partial charge in [-0.1, -0.05) is 19.1 Å². The maximum absolute atomic E-state index is 5.74. The van der Waals surface area contributed by atoms with Crippen molar-refractivity contribution in [1.82, 2.24) is 9.66 Å². The molecule has 5 heteroatoms. The summed E-state index contributed by atoms with van der Waals surface area (Å²) in [5.74, 6) is 1.28. The van der Waals surface area contributed by atoms with Gasteiger partial charge in [0.1, 0.15) is 5.75 Å². The molecule has 1 aromatic carbocycles. The number of anilines is 1. The molecular formula is C15H20N4O. The molecule has 0 atom stereocenters. The predicted octanol–water partition coefficient (Wildman–Crippen LogP) is 2.75. The monoisotopic (exact) mass is 272 g/mol. The minimum absolute atomic E-state index is 0.383. The van der Waals surface area contributed by atoms with Crippen LogP contribution in [0.4, 0.5) is 5.95 Å². The largest absolute Gasteiger partial charge is 0.493 e. The third-order valence-corrected chi connectivity index (χ3v) is 2.84. The van der Waals surface area contributed by atoms with Crippen LogP contribution in [0.5, 0.6) is 5.75 Å². The second kappa shape index (κ2) is 6.23. The van der Waals surface area contributed by atoms with Crippen LogP contribution in [0, 0.1) is 13.8 Å². The lowest BCUT2D eigenvalue weighted by atomic mass is 10.1. The molecule has 2 rings (SSSR count). The van der Waals surface area contributed by atoms with Gasteiger partial charge >= 0.3 is 0 Å². The van der Waals surface area contributed by atoms with Gasteiger partial charge in [-0.25, -0.2) is 9.66 Å². The third kappa shape index (κ3) is 3.38. The van der Waals surface area contributed by atoms with Crippen molar-refractivity contribution in [3.8, 4) is 5.75 Å². The first-order valence-corrected chi connectivity index (χ1v) is 6.69. The average molecular weight is 272 g/mol. The number of nitrogen functional groups attached to an aromatic ring is 1. The van der Waals surface area contributed by atoms with Crippen LogP contribution in [0.2, 0.25) is 0 Å². The molecular weight excluding hydrogens is 252 g/mol. The number of rotatable bonds is 5. The second-order valence-electron chi connectivity index (χ2n) is 4.70. The van der Waals surface area contributed by atoms with Crippen LogP contribution in [0.15, 0.2) is 29.5 Å². The molecule has 5 nitrogen and oxygen atoms in total. The Morgan fingerprint density at radius 3 is 2.85 bits per heavy atom. The first-order valence-electron chi connectivity index (χ1n) is 6.69. The Balaban J connectivity index is 2.18. The summed E-state index contributed by atoms with van der Waals surface area (Å²) >= 11 is 0. The van der Waals surface area contributed by atoms with Crippen molar-refractivity contribution < 1.29 is 4.74 Å². The van der Waals surface area contributed by atoms with Gasteiger partial charge in [-0.15, -0.1) is 0 Å². The van der Waals surface area contributed by atoms with Gasteiger partial charge in [0.05, 0.1) is 24.7 Å². The van der Waals surface area contributed by atoms with Crippen LogP contribution in [0.1, 0.15) is 30.2 Å². The van der Waals surface area contributed by atoms with Gasteiger partial charge in [0.2, 0.25) is 5.95 Å². The number of hydrogen-bond donors (Lipinski definition) is 1. The minimum atomic E-state index is 0.383. The summed E-state index contributed by atoms with van der Waals surface area (Å²) in [6.45, 7) is 6.72. The number of nitrogens with two attached hydrogens (primary N) is 1. The first-order chi connectivity index (χ1) is 9.60. The van der Waals surface area contributed by atoms with E-state index in [1.807, 2.05) is 32.0 Å². The molecule has 20 heavy (non-hydrogen) atoms. The molecule has 0 fully saturated rings. The lowest BCUT2D eigenvalue weighted by molar-refractivity contribution is 0.315. The van der Waals surface area contributed by atoms with E-state index in [1.165, 1.54) is 0 Å². The zero-order chi connectivity index (χ0) is 14.5. The molecule has 0 saturated carbocycles. The fourth-order valence-electron chi connectivity index (χ4n) is 1.79. The van der Waals surface area contributed by atoms with Crippen molar-refractivity contribution in [3.05, 3.63) is 41.2 Å². The highest BCUT2D eigenvalue weighted by Gasteiger charge is 2.01. The number of benzene rings is 1. The third-order valence-electron chi connectivity index (χ3n) is 2.84. The SMILES string of the molecule is CCCOc1cc(C=Nn2cc(C)nc2N)ccc1C. The number of aryl methyl sites for hydroxylation is 2. The van der Waals surface area contributed by atoms with Crippen LogP contribution in [-0.2, 0) is 0 Å². The van der Waals surface area contributed by atoms with Crippen molar-refractivity contribution in [1.29, 1.82) is 0 Å². The van der Waals surface area contributed by atoms with E-state index in [4.69, 9.17) is 10.5 Å². The molecule has 0 aliphatic heterocycles. The molecule has 0 aliphatic rings. The highest BCUT2D eigenvalue weighted by molar-refractivity contribution is 5.80. The van der Waals surface area contributed by atoms with Crippen LogP contribution >= 0.6 is 0 Å². The van der Waals surface area contributed by atoms with Gasteiger partial charge in [0, 0.05) is 0 Å². The van der Waals surface area contributed by atoms with Crippen molar-refractivity contribution in [3.63, 3.8) is 0 Å². The average Bonchev–Trinajstić information content (AvgIpc) is 2.74. The Morgan fingerprint density at radius 2 is 2.20 bits per heavy atom. The van der Waals surface area contributed by atoms with Gasteiger partial charge in [-0.3, -0.25) is 0 Å². The van der Waals surface area contributed by atoms with Gasteiger partial charge in [-0.2, -0.15) is 5.10 Å². The van der Waals surface area contributed by atoms with Gasteiger partial charge in [-0.05, 0) is 37.5 Å². The molecule has 0 unspecified atom stereocenters. The fourth-order valence-corrected chi connectivity index (χ4v) is 1.79. The lowest BCUT2D eigenvalue weighted by Gasteiger charge is -2.08. The zero-order valence-corrected chi connectivity index (χ0v) is 12.1. The molecule has 106 valence electrons. The van der Waals surface area contributed by atoms with Crippen molar-refractivity contribution in [2.75, 3.05) is 12.3 Å². The van der Waals surface area contributed by atoms with E-state index in [-0.39, 0.29) is 0 Å². The van der Waals surface area contributed by atoms with E-state index in [2.05, 4.69) is 17.0 Å². The molecule has 1 heterocycles. The fraction of sp³-hybridized carbons (Fsp3) is 0.333. The summed E-state index contributed by atoms with van der Waals surface area (Å²) in [4.78, 5) is 4.10. The van der Waals surface area contributed by atoms with Crippen molar-refractivity contribution in [2.24, 2.45) is 5.10 Å². The Kier molecular flexibility index (Phi) is 4.40. The van der Waals surface area contributed by atoms with E-state index < -0.39 is 0 Å². The summed E-state index contributed by atoms with van der Waals surface area (Å²) in [6.07, 6.45) is 4.52. The number of hydrogen-bond acceptors (Lipinski definition) is 4. The second-order valence-corrected chi connectivity index (χ2v) is 4.70. The molecule has 0 spiro atoms. The molecule has 0 saturated heterocycles. The summed E-state index contributed by atoms with van der Waals surface area (Å²) in [6, 6.07) is 6.00. The topological polar surface area (TPSA) is 65.4 Å². The molecule has 0 amide bonds. The number of imidazole rings is 1. The Labute approximate surface area is 119 Å². The summed E-state index contributed by atoms with van der Waals surface area (Å²) in [7, 11) is 0. The van der Waals surface area contributed by atoms with E-state index in [9.17, 15) is 0 Å². The van der Waals surface area contributed by atoms with Gasteiger partial charge in [0.25, 0.3) is 0 Å².